The second kappa shape index (κ2) is 9.09. The lowest BCUT2D eigenvalue weighted by atomic mass is 9.60. The Morgan fingerprint density at radius 2 is 1.86 bits per heavy atom. The van der Waals surface area contributed by atoms with Gasteiger partial charge in [0, 0.05) is 54.6 Å². The molecule has 9 heteroatoms. The summed E-state index contributed by atoms with van der Waals surface area (Å²) in [5.41, 5.74) is 0.0691. The summed E-state index contributed by atoms with van der Waals surface area (Å²) in [7, 11) is 0. The fourth-order valence-electron chi connectivity index (χ4n) is 5.23. The molecule has 2 aliphatic rings. The van der Waals surface area contributed by atoms with Crippen molar-refractivity contribution in [3.63, 3.8) is 0 Å². The minimum atomic E-state index is -3.02. The molecule has 0 spiro atoms. The van der Waals surface area contributed by atoms with Crippen LogP contribution in [0.2, 0.25) is 0 Å². The number of ketones is 3. The van der Waals surface area contributed by atoms with E-state index < -0.39 is 60.0 Å². The zero-order valence-electron chi connectivity index (χ0n) is 19.6. The monoisotopic (exact) mass is 488 g/mol. The Morgan fingerprint density at radius 3 is 2.49 bits per heavy atom. The molecular weight excluding hydrogens is 461 g/mol. The predicted octanol–water partition coefficient (Wildman–Crippen LogP) is 5.25. The first-order valence-electron chi connectivity index (χ1n) is 11.7. The van der Waals surface area contributed by atoms with Crippen molar-refractivity contribution >= 4 is 28.9 Å². The van der Waals surface area contributed by atoms with Crippen molar-refractivity contribution in [1.29, 1.82) is 0 Å². The number of nitrogens with one attached hydrogen (secondary N) is 1. The minimum absolute atomic E-state index is 0.00583. The molecule has 1 aromatic carbocycles. The first-order chi connectivity index (χ1) is 16.5. The van der Waals surface area contributed by atoms with Gasteiger partial charge in [-0.15, -0.1) is 0 Å². The van der Waals surface area contributed by atoms with Crippen LogP contribution in [-0.2, 0) is 22.6 Å². The largest absolute Gasteiger partial charge is 0.340 e. The number of hydrogen-bond acceptors (Lipinski definition) is 4. The number of Topliss-reactive ketones (excluding diaryl/α,β-unsaturated/α-hetero) is 3. The molecule has 1 atom stereocenters. The maximum Gasteiger partial charge on any atom is 0.272 e. The summed E-state index contributed by atoms with van der Waals surface area (Å²) in [4.78, 5) is 51.3. The first-order valence-corrected chi connectivity index (χ1v) is 11.7. The number of anilines is 1. The third-order valence-electron chi connectivity index (χ3n) is 6.94. The van der Waals surface area contributed by atoms with Gasteiger partial charge in [0.25, 0.3) is 5.91 Å². The molecule has 2 aromatic rings. The molecule has 35 heavy (non-hydrogen) atoms. The number of halogens is 3. The van der Waals surface area contributed by atoms with E-state index in [0.717, 1.165) is 0 Å². The second-order valence-electron chi connectivity index (χ2n) is 9.54. The zero-order valence-corrected chi connectivity index (χ0v) is 19.6. The van der Waals surface area contributed by atoms with Crippen molar-refractivity contribution in [1.82, 2.24) is 4.57 Å². The van der Waals surface area contributed by atoms with E-state index in [1.54, 1.807) is 29.7 Å². The number of benzene rings is 1. The Morgan fingerprint density at radius 1 is 1.14 bits per heavy atom. The standard InChI is InChI=1S/C26H27F3N2O4/c1-3-22(33)25(13-26(28,29)14-25)12-21(32)23(34)18-11-20(31-9-5-8-19(18)31)24(35)30-17-7-4-6-16(10-17)15(2)27/h4,6-7,10-11,15H,3,5,8-9,12-14H2,1-2H3,(H,30,35). The van der Waals surface area contributed by atoms with Gasteiger partial charge in [0.05, 0.1) is 0 Å². The van der Waals surface area contributed by atoms with Gasteiger partial charge in [0.2, 0.25) is 17.5 Å². The molecule has 6 nitrogen and oxygen atoms in total. The van der Waals surface area contributed by atoms with Crippen molar-refractivity contribution in [3.8, 4) is 0 Å². The van der Waals surface area contributed by atoms with Crippen LogP contribution in [0.25, 0.3) is 0 Å². The maximum atomic E-state index is 13.6. The summed E-state index contributed by atoms with van der Waals surface area (Å²) in [5, 5.41) is 2.70. The number of nitrogens with zero attached hydrogens (tertiary/aromatic N) is 1. The molecule has 1 saturated carbocycles. The lowest BCUT2D eigenvalue weighted by Crippen LogP contribution is -2.52. The van der Waals surface area contributed by atoms with Crippen molar-refractivity contribution in [2.24, 2.45) is 5.41 Å². The highest BCUT2D eigenvalue weighted by Gasteiger charge is 2.60. The van der Waals surface area contributed by atoms with Gasteiger partial charge in [-0.05, 0) is 43.5 Å². The Bertz CT molecular complexity index is 1210. The van der Waals surface area contributed by atoms with E-state index in [1.807, 2.05) is 0 Å². The third-order valence-corrected chi connectivity index (χ3v) is 6.94. The molecular formula is C26H27F3N2O4. The van der Waals surface area contributed by atoms with E-state index in [9.17, 15) is 32.3 Å². The number of carbonyl (C=O) groups excluding carboxylic acids is 4. The fraction of sp³-hybridized carbons (Fsp3) is 0.462. The summed E-state index contributed by atoms with van der Waals surface area (Å²) in [5.74, 6) is -5.76. The molecule has 0 radical (unpaired) electrons. The number of fused-ring (bicyclic) bond motifs is 1. The van der Waals surface area contributed by atoms with Gasteiger partial charge in [-0.25, -0.2) is 13.2 Å². The maximum absolute atomic E-state index is 13.6. The predicted molar refractivity (Wildman–Crippen MR) is 123 cm³/mol. The Balaban J connectivity index is 1.56. The summed E-state index contributed by atoms with van der Waals surface area (Å²) >= 11 is 0. The molecule has 1 aromatic heterocycles. The van der Waals surface area contributed by atoms with Gasteiger partial charge in [-0.3, -0.25) is 19.2 Å². The first kappa shape index (κ1) is 24.9. The number of rotatable bonds is 9. The highest BCUT2D eigenvalue weighted by atomic mass is 19.3. The van der Waals surface area contributed by atoms with Gasteiger partial charge in [-0.1, -0.05) is 19.1 Å². The van der Waals surface area contributed by atoms with Crippen LogP contribution < -0.4 is 5.32 Å². The quantitative estimate of drug-likeness (QED) is 0.386. The SMILES string of the molecule is CCC(=O)C1(CC(=O)C(=O)c2cc(C(=O)Nc3cccc(C(C)F)c3)n3c2CCC3)CC(F)(F)C1. The number of hydrogen-bond donors (Lipinski definition) is 1. The Labute approximate surface area is 200 Å². The molecule has 1 N–H and O–H groups in total. The molecule has 4 rings (SSSR count). The van der Waals surface area contributed by atoms with E-state index in [4.69, 9.17) is 0 Å². The average Bonchev–Trinajstić information content (AvgIpc) is 3.39. The smallest absolute Gasteiger partial charge is 0.272 e. The highest BCUT2D eigenvalue weighted by molar-refractivity contribution is 6.44. The minimum Gasteiger partial charge on any atom is -0.340 e. The van der Waals surface area contributed by atoms with Crippen molar-refractivity contribution in [2.75, 3.05) is 5.32 Å². The van der Waals surface area contributed by atoms with Crippen LogP contribution in [0.4, 0.5) is 18.9 Å². The number of carbonyl (C=O) groups is 4. The Hall–Kier alpha value is -3.23. The molecule has 2 heterocycles. The van der Waals surface area contributed by atoms with Crippen LogP contribution in [0.1, 0.15) is 84.2 Å². The average molecular weight is 489 g/mol. The van der Waals surface area contributed by atoms with Gasteiger partial charge < -0.3 is 9.88 Å². The van der Waals surface area contributed by atoms with Gasteiger partial charge >= 0.3 is 0 Å². The van der Waals surface area contributed by atoms with Crippen LogP contribution in [-0.4, -0.2) is 33.7 Å². The molecule has 1 fully saturated rings. The van der Waals surface area contributed by atoms with Crippen LogP contribution in [0, 0.1) is 5.41 Å². The van der Waals surface area contributed by atoms with Gasteiger partial charge in [0.15, 0.2) is 0 Å². The van der Waals surface area contributed by atoms with E-state index in [2.05, 4.69) is 5.32 Å². The molecule has 0 saturated heterocycles. The van der Waals surface area contributed by atoms with E-state index in [-0.39, 0.29) is 17.7 Å². The molecule has 0 bridgehead atoms. The number of alkyl halides is 3. The summed E-state index contributed by atoms with van der Waals surface area (Å²) < 4.78 is 42.5. The van der Waals surface area contributed by atoms with Crippen LogP contribution in [0.15, 0.2) is 30.3 Å². The molecule has 1 aliphatic heterocycles. The summed E-state index contributed by atoms with van der Waals surface area (Å²) in [6.45, 7) is 3.41. The summed E-state index contributed by atoms with van der Waals surface area (Å²) in [6, 6.07) is 7.70. The lowest BCUT2D eigenvalue weighted by molar-refractivity contribution is -0.179. The van der Waals surface area contributed by atoms with Gasteiger partial charge in [-0.2, -0.15) is 0 Å². The van der Waals surface area contributed by atoms with E-state index in [1.165, 1.54) is 19.1 Å². The fourth-order valence-corrected chi connectivity index (χ4v) is 5.23. The van der Waals surface area contributed by atoms with Crippen molar-refractivity contribution in [2.45, 2.75) is 71.0 Å². The van der Waals surface area contributed by atoms with Crippen LogP contribution >= 0.6 is 0 Å². The van der Waals surface area contributed by atoms with Crippen molar-refractivity contribution in [3.05, 3.63) is 52.8 Å². The normalized spacial score (nSPS) is 18.3. The molecule has 1 unspecified atom stereocenters. The van der Waals surface area contributed by atoms with Gasteiger partial charge in [0.1, 0.15) is 17.6 Å². The molecule has 1 amide bonds. The topological polar surface area (TPSA) is 85.2 Å². The van der Waals surface area contributed by atoms with E-state index in [0.29, 0.717) is 36.3 Å². The second-order valence-corrected chi connectivity index (χ2v) is 9.54. The van der Waals surface area contributed by atoms with Crippen LogP contribution in [0.5, 0.6) is 0 Å². The Kier molecular flexibility index (Phi) is 6.46. The van der Waals surface area contributed by atoms with Crippen LogP contribution in [0.3, 0.4) is 0 Å². The third kappa shape index (κ3) is 4.68. The zero-order chi connectivity index (χ0) is 25.5. The number of aromatic nitrogens is 1. The molecule has 186 valence electrons. The number of amides is 1. The van der Waals surface area contributed by atoms with E-state index >= 15 is 0 Å². The van der Waals surface area contributed by atoms with Crippen molar-refractivity contribution < 1.29 is 32.3 Å². The highest BCUT2D eigenvalue weighted by Crippen LogP contribution is 2.55. The lowest BCUT2D eigenvalue weighted by Gasteiger charge is -2.45. The molecule has 1 aliphatic carbocycles. The summed E-state index contributed by atoms with van der Waals surface area (Å²) in [6.07, 6.45) is -2.08.